The molecule has 1 fully saturated rings. The lowest BCUT2D eigenvalue weighted by atomic mass is 9.96. The second-order valence-corrected chi connectivity index (χ2v) is 6.41. The lowest BCUT2D eigenvalue weighted by Crippen LogP contribution is -2.00. The van der Waals surface area contributed by atoms with E-state index in [1.165, 1.54) is 31.2 Å². The van der Waals surface area contributed by atoms with Crippen LogP contribution in [0, 0.1) is 0 Å². The van der Waals surface area contributed by atoms with Gasteiger partial charge in [0.2, 0.25) is 0 Å². The number of carbonyl (C=O) groups excluding carboxylic acids is 2. The molecular formula is C21H18O2. The minimum Gasteiger partial charge on any atom is -0.288 e. The van der Waals surface area contributed by atoms with Gasteiger partial charge in [-0.25, -0.2) is 0 Å². The highest BCUT2D eigenvalue weighted by molar-refractivity contribution is 6.41. The third kappa shape index (κ3) is 2.44. The maximum absolute atomic E-state index is 12.4. The minimum absolute atomic E-state index is 0.162. The molecule has 0 aromatic heterocycles. The Morgan fingerprint density at radius 3 is 1.91 bits per heavy atom. The van der Waals surface area contributed by atoms with Crippen LogP contribution in [0.4, 0.5) is 0 Å². The third-order valence-corrected chi connectivity index (χ3v) is 4.98. The lowest BCUT2D eigenvalue weighted by Gasteiger charge is -2.09. The molecule has 2 heteroatoms. The molecule has 0 bridgehead atoms. The van der Waals surface area contributed by atoms with E-state index >= 15 is 0 Å². The van der Waals surface area contributed by atoms with Gasteiger partial charge in [0.05, 0.1) is 5.57 Å². The summed E-state index contributed by atoms with van der Waals surface area (Å²) in [5, 5.41) is 0. The highest BCUT2D eigenvalue weighted by Gasteiger charge is 2.32. The molecule has 1 saturated carbocycles. The quantitative estimate of drug-likeness (QED) is 0.589. The summed E-state index contributed by atoms with van der Waals surface area (Å²) in [6.07, 6.45) is 6.90. The van der Waals surface area contributed by atoms with Crippen LogP contribution in [0.25, 0.3) is 6.08 Å². The summed E-state index contributed by atoms with van der Waals surface area (Å²) in [5.74, 6) is 0.353. The summed E-state index contributed by atoms with van der Waals surface area (Å²) in [6, 6.07) is 15.3. The zero-order valence-electron chi connectivity index (χ0n) is 12.9. The van der Waals surface area contributed by atoms with Crippen molar-refractivity contribution >= 4 is 17.6 Å². The highest BCUT2D eigenvalue weighted by Crippen LogP contribution is 2.34. The Balaban J connectivity index is 1.63. The lowest BCUT2D eigenvalue weighted by molar-refractivity contribution is 0.0990. The van der Waals surface area contributed by atoms with Crippen molar-refractivity contribution < 1.29 is 9.59 Å². The smallest absolute Gasteiger partial charge is 0.197 e. The van der Waals surface area contributed by atoms with E-state index in [-0.39, 0.29) is 17.1 Å². The van der Waals surface area contributed by atoms with Gasteiger partial charge in [0.1, 0.15) is 0 Å². The van der Waals surface area contributed by atoms with Gasteiger partial charge in [-0.15, -0.1) is 0 Å². The first kappa shape index (κ1) is 14.1. The predicted octanol–water partition coefficient (Wildman–Crippen LogP) is 4.81. The van der Waals surface area contributed by atoms with Gasteiger partial charge in [-0.05, 0) is 36.0 Å². The molecule has 0 saturated heterocycles. The molecule has 0 N–H and O–H groups in total. The third-order valence-electron chi connectivity index (χ3n) is 4.98. The van der Waals surface area contributed by atoms with Crippen LogP contribution >= 0.6 is 0 Å². The molecule has 4 rings (SSSR count). The molecular weight excluding hydrogens is 284 g/mol. The maximum atomic E-state index is 12.4. The van der Waals surface area contributed by atoms with Gasteiger partial charge in [0.15, 0.2) is 11.6 Å². The predicted molar refractivity (Wildman–Crippen MR) is 90.7 cm³/mol. The number of ketones is 2. The maximum Gasteiger partial charge on any atom is 0.197 e. The van der Waals surface area contributed by atoms with Crippen LogP contribution in [-0.2, 0) is 0 Å². The minimum atomic E-state index is -0.162. The van der Waals surface area contributed by atoms with Crippen molar-refractivity contribution in [1.82, 2.24) is 0 Å². The van der Waals surface area contributed by atoms with Crippen LogP contribution in [0.2, 0.25) is 0 Å². The molecule has 23 heavy (non-hydrogen) atoms. The number of allylic oxidation sites excluding steroid dienone is 1. The number of rotatable bonds is 2. The van der Waals surface area contributed by atoms with Gasteiger partial charge in [-0.1, -0.05) is 61.4 Å². The largest absolute Gasteiger partial charge is 0.288 e. The molecule has 0 radical (unpaired) electrons. The fourth-order valence-corrected chi connectivity index (χ4v) is 3.69. The van der Waals surface area contributed by atoms with E-state index in [4.69, 9.17) is 0 Å². The monoisotopic (exact) mass is 302 g/mol. The number of Topliss-reactive ketones (excluding diaryl/α,β-unsaturated/α-hetero) is 2. The first-order valence-electron chi connectivity index (χ1n) is 8.24. The zero-order chi connectivity index (χ0) is 15.8. The van der Waals surface area contributed by atoms with Crippen LogP contribution in [0.5, 0.6) is 0 Å². The SMILES string of the molecule is O=C1C(=Cc2ccc(C3CCCC3)cc2)C(=O)c2ccccc21. The Hall–Kier alpha value is -2.48. The zero-order valence-corrected chi connectivity index (χ0v) is 12.9. The van der Waals surface area contributed by atoms with E-state index in [1.54, 1.807) is 30.3 Å². The summed E-state index contributed by atoms with van der Waals surface area (Å²) in [4.78, 5) is 24.8. The number of benzene rings is 2. The molecule has 0 spiro atoms. The Bertz CT molecular complexity index is 769. The summed E-state index contributed by atoms with van der Waals surface area (Å²) in [6.45, 7) is 0. The molecule has 0 atom stereocenters. The second kappa shape index (κ2) is 5.62. The number of carbonyl (C=O) groups is 2. The molecule has 0 unspecified atom stereocenters. The Morgan fingerprint density at radius 2 is 1.35 bits per heavy atom. The molecule has 0 aliphatic heterocycles. The summed E-state index contributed by atoms with van der Waals surface area (Å²) >= 11 is 0. The van der Waals surface area contributed by atoms with E-state index in [0.717, 1.165) is 5.56 Å². The first-order chi connectivity index (χ1) is 11.2. The standard InChI is InChI=1S/C21H18O2/c22-20-17-7-3-4-8-18(17)21(23)19(20)13-14-9-11-16(12-10-14)15-5-1-2-6-15/h3-4,7-13,15H,1-2,5-6H2. The normalized spacial score (nSPS) is 17.7. The highest BCUT2D eigenvalue weighted by atomic mass is 16.2. The summed E-state index contributed by atoms with van der Waals surface area (Å²) in [5.41, 5.74) is 3.60. The molecule has 2 aliphatic rings. The van der Waals surface area contributed by atoms with Gasteiger partial charge in [0, 0.05) is 11.1 Å². The van der Waals surface area contributed by atoms with Crippen molar-refractivity contribution in [3.05, 3.63) is 76.4 Å². The fraction of sp³-hybridized carbons (Fsp3) is 0.238. The molecule has 114 valence electrons. The van der Waals surface area contributed by atoms with E-state index in [0.29, 0.717) is 17.0 Å². The van der Waals surface area contributed by atoms with Crippen molar-refractivity contribution in [2.45, 2.75) is 31.6 Å². The molecule has 0 amide bonds. The Labute approximate surface area is 135 Å². The average Bonchev–Trinajstić information content (AvgIpc) is 3.20. The van der Waals surface area contributed by atoms with Crippen molar-refractivity contribution in [1.29, 1.82) is 0 Å². The first-order valence-corrected chi connectivity index (χ1v) is 8.24. The van der Waals surface area contributed by atoms with E-state index < -0.39 is 0 Å². The molecule has 0 heterocycles. The summed E-state index contributed by atoms with van der Waals surface area (Å²) < 4.78 is 0. The van der Waals surface area contributed by atoms with E-state index in [9.17, 15) is 9.59 Å². The van der Waals surface area contributed by atoms with Gasteiger partial charge in [-0.3, -0.25) is 9.59 Å². The van der Waals surface area contributed by atoms with Crippen LogP contribution in [-0.4, -0.2) is 11.6 Å². The van der Waals surface area contributed by atoms with Crippen molar-refractivity contribution in [2.75, 3.05) is 0 Å². The van der Waals surface area contributed by atoms with Crippen LogP contribution < -0.4 is 0 Å². The summed E-state index contributed by atoms with van der Waals surface area (Å²) in [7, 11) is 0. The van der Waals surface area contributed by atoms with Gasteiger partial charge >= 0.3 is 0 Å². The molecule has 2 nitrogen and oxygen atoms in total. The number of hydrogen-bond donors (Lipinski definition) is 0. The van der Waals surface area contributed by atoms with E-state index in [1.807, 2.05) is 12.1 Å². The van der Waals surface area contributed by atoms with Gasteiger partial charge in [-0.2, -0.15) is 0 Å². The van der Waals surface area contributed by atoms with E-state index in [2.05, 4.69) is 12.1 Å². The molecule has 2 aromatic rings. The fourth-order valence-electron chi connectivity index (χ4n) is 3.69. The number of fused-ring (bicyclic) bond motifs is 1. The number of hydrogen-bond acceptors (Lipinski definition) is 2. The second-order valence-electron chi connectivity index (χ2n) is 6.41. The Kier molecular flexibility index (Phi) is 3.45. The van der Waals surface area contributed by atoms with Crippen molar-refractivity contribution in [2.24, 2.45) is 0 Å². The average molecular weight is 302 g/mol. The van der Waals surface area contributed by atoms with Gasteiger partial charge in [0.25, 0.3) is 0 Å². The van der Waals surface area contributed by atoms with Gasteiger partial charge < -0.3 is 0 Å². The molecule has 2 aliphatic carbocycles. The van der Waals surface area contributed by atoms with Crippen LogP contribution in [0.15, 0.2) is 54.1 Å². The van der Waals surface area contributed by atoms with Crippen LogP contribution in [0.3, 0.4) is 0 Å². The van der Waals surface area contributed by atoms with Crippen molar-refractivity contribution in [3.63, 3.8) is 0 Å². The van der Waals surface area contributed by atoms with Crippen LogP contribution in [0.1, 0.15) is 63.4 Å². The Morgan fingerprint density at radius 1 is 0.783 bits per heavy atom. The van der Waals surface area contributed by atoms with Crippen molar-refractivity contribution in [3.8, 4) is 0 Å². The molecule has 2 aromatic carbocycles. The topological polar surface area (TPSA) is 34.1 Å².